The maximum atomic E-state index is 4.39. The van der Waals surface area contributed by atoms with Crippen molar-refractivity contribution in [3.63, 3.8) is 0 Å². The fourth-order valence-corrected chi connectivity index (χ4v) is 2.85. The highest BCUT2D eigenvalue weighted by Gasteiger charge is 2.29. The number of aryl methyl sites for hydroxylation is 1. The van der Waals surface area contributed by atoms with Crippen LogP contribution in [0.15, 0.2) is 24.4 Å². The summed E-state index contributed by atoms with van der Waals surface area (Å²) in [5.41, 5.74) is 1.21. The summed E-state index contributed by atoms with van der Waals surface area (Å²) in [5, 5.41) is 10.3. The molecule has 0 aromatic carbocycles. The molecule has 2 aromatic rings. The molecule has 0 N–H and O–H groups in total. The van der Waals surface area contributed by atoms with Gasteiger partial charge >= 0.3 is 0 Å². The van der Waals surface area contributed by atoms with Crippen LogP contribution in [0.3, 0.4) is 0 Å². The summed E-state index contributed by atoms with van der Waals surface area (Å²) < 4.78 is 0. The first-order valence-electron chi connectivity index (χ1n) is 5.73. The average molecular weight is 246 g/mol. The van der Waals surface area contributed by atoms with Gasteiger partial charge in [0.2, 0.25) is 0 Å². The second-order valence-corrected chi connectivity index (χ2v) is 5.63. The van der Waals surface area contributed by atoms with Crippen molar-refractivity contribution in [1.82, 2.24) is 20.1 Å². The number of nitrogens with zero attached hydrogens (tertiary/aromatic N) is 4. The Morgan fingerprint density at radius 1 is 1.35 bits per heavy atom. The summed E-state index contributed by atoms with van der Waals surface area (Å²) >= 11 is 1.68. The predicted octanol–water partition coefficient (Wildman–Crippen LogP) is 1.84. The highest BCUT2D eigenvalue weighted by Crippen LogP contribution is 2.27. The Bertz CT molecular complexity index is 490. The lowest BCUT2D eigenvalue weighted by atomic mass is 9.96. The highest BCUT2D eigenvalue weighted by molar-refractivity contribution is 7.11. The zero-order chi connectivity index (χ0) is 11.7. The van der Waals surface area contributed by atoms with Gasteiger partial charge in [-0.2, -0.15) is 0 Å². The largest absolute Gasteiger partial charge is 0.295 e. The van der Waals surface area contributed by atoms with E-state index in [0.717, 1.165) is 29.6 Å². The molecule has 1 saturated heterocycles. The molecule has 4 nitrogen and oxygen atoms in total. The van der Waals surface area contributed by atoms with Crippen molar-refractivity contribution in [2.24, 2.45) is 0 Å². The molecule has 3 heterocycles. The van der Waals surface area contributed by atoms with Crippen LogP contribution in [-0.2, 0) is 6.54 Å². The van der Waals surface area contributed by atoms with Crippen LogP contribution >= 0.6 is 11.3 Å². The van der Waals surface area contributed by atoms with E-state index >= 15 is 0 Å². The molecule has 3 rings (SSSR count). The van der Waals surface area contributed by atoms with Crippen LogP contribution < -0.4 is 0 Å². The Morgan fingerprint density at radius 2 is 2.24 bits per heavy atom. The van der Waals surface area contributed by atoms with E-state index in [4.69, 9.17) is 0 Å². The Kier molecular flexibility index (Phi) is 2.86. The fourth-order valence-electron chi connectivity index (χ4n) is 2.10. The van der Waals surface area contributed by atoms with Crippen LogP contribution in [0.1, 0.15) is 21.6 Å². The Hall–Kier alpha value is -1.33. The lowest BCUT2D eigenvalue weighted by molar-refractivity contribution is 0.137. The molecular formula is C12H14N4S. The molecule has 1 aliphatic heterocycles. The fraction of sp³-hybridized carbons (Fsp3) is 0.417. The summed E-state index contributed by atoms with van der Waals surface area (Å²) in [7, 11) is 0. The van der Waals surface area contributed by atoms with Gasteiger partial charge in [0.15, 0.2) is 0 Å². The maximum absolute atomic E-state index is 4.39. The number of aromatic nitrogens is 3. The quantitative estimate of drug-likeness (QED) is 0.828. The normalized spacial score (nSPS) is 17.0. The minimum Gasteiger partial charge on any atom is -0.295 e. The molecule has 1 fully saturated rings. The molecule has 88 valence electrons. The second-order valence-electron chi connectivity index (χ2n) is 4.36. The molecule has 0 aliphatic carbocycles. The second kappa shape index (κ2) is 4.50. The van der Waals surface area contributed by atoms with Crippen molar-refractivity contribution in [2.45, 2.75) is 19.4 Å². The van der Waals surface area contributed by atoms with E-state index in [-0.39, 0.29) is 0 Å². The molecule has 0 bridgehead atoms. The van der Waals surface area contributed by atoms with Crippen LogP contribution in [0.25, 0.3) is 0 Å². The van der Waals surface area contributed by atoms with Crippen molar-refractivity contribution in [2.75, 3.05) is 13.1 Å². The average Bonchev–Trinajstić information content (AvgIpc) is 2.70. The number of pyridine rings is 1. The van der Waals surface area contributed by atoms with Gasteiger partial charge in [0.25, 0.3) is 0 Å². The minimum atomic E-state index is 0.588. The van der Waals surface area contributed by atoms with Gasteiger partial charge in [-0.15, -0.1) is 21.5 Å². The molecule has 0 spiro atoms. The standard InChI is InChI=1S/C12H14N4S/c1-9-14-15-12(17-9)8-16-6-10(7-16)11-4-2-3-5-13-11/h2-5,10H,6-8H2,1H3. The molecule has 0 saturated carbocycles. The highest BCUT2D eigenvalue weighted by atomic mass is 32.1. The molecule has 0 unspecified atom stereocenters. The van der Waals surface area contributed by atoms with Gasteiger partial charge in [-0.25, -0.2) is 0 Å². The summed E-state index contributed by atoms with van der Waals surface area (Å²) in [6.45, 7) is 5.08. The van der Waals surface area contributed by atoms with E-state index in [0.29, 0.717) is 5.92 Å². The van der Waals surface area contributed by atoms with Crippen molar-refractivity contribution in [3.05, 3.63) is 40.1 Å². The van der Waals surface area contributed by atoms with Crippen LogP contribution in [0.5, 0.6) is 0 Å². The SMILES string of the molecule is Cc1nnc(CN2CC(c3ccccn3)C2)s1. The predicted molar refractivity (Wildman–Crippen MR) is 66.9 cm³/mol. The smallest absolute Gasteiger partial charge is 0.131 e. The topological polar surface area (TPSA) is 41.9 Å². The molecule has 5 heteroatoms. The van der Waals surface area contributed by atoms with Gasteiger partial charge in [0.05, 0.1) is 6.54 Å². The van der Waals surface area contributed by atoms with E-state index in [2.05, 4.69) is 32.2 Å². The first-order valence-corrected chi connectivity index (χ1v) is 6.55. The number of hydrogen-bond acceptors (Lipinski definition) is 5. The third kappa shape index (κ3) is 2.35. The van der Waals surface area contributed by atoms with Gasteiger partial charge in [-0.3, -0.25) is 9.88 Å². The zero-order valence-corrected chi connectivity index (χ0v) is 10.5. The minimum absolute atomic E-state index is 0.588. The maximum Gasteiger partial charge on any atom is 0.131 e. The van der Waals surface area contributed by atoms with Crippen LogP contribution in [0.4, 0.5) is 0 Å². The molecular weight excluding hydrogens is 232 g/mol. The van der Waals surface area contributed by atoms with Gasteiger partial charge in [0, 0.05) is 30.9 Å². The van der Waals surface area contributed by atoms with Crippen LogP contribution in [-0.4, -0.2) is 33.2 Å². The monoisotopic (exact) mass is 246 g/mol. The van der Waals surface area contributed by atoms with Gasteiger partial charge in [-0.05, 0) is 19.1 Å². The summed E-state index contributed by atoms with van der Waals surface area (Å²) in [5.74, 6) is 0.588. The molecule has 17 heavy (non-hydrogen) atoms. The zero-order valence-electron chi connectivity index (χ0n) is 9.71. The summed E-state index contributed by atoms with van der Waals surface area (Å²) in [6, 6.07) is 6.13. The van der Waals surface area contributed by atoms with Crippen LogP contribution in [0, 0.1) is 6.92 Å². The molecule has 0 amide bonds. The van der Waals surface area contributed by atoms with Gasteiger partial charge in [0.1, 0.15) is 10.0 Å². The van der Waals surface area contributed by atoms with Gasteiger partial charge in [-0.1, -0.05) is 6.07 Å². The Balaban J connectivity index is 1.55. The van der Waals surface area contributed by atoms with Gasteiger partial charge < -0.3 is 0 Å². The van der Waals surface area contributed by atoms with E-state index in [1.54, 1.807) is 11.3 Å². The third-order valence-electron chi connectivity index (χ3n) is 2.99. The molecule has 1 aliphatic rings. The van der Waals surface area contributed by atoms with E-state index in [9.17, 15) is 0 Å². The number of rotatable bonds is 3. The summed E-state index contributed by atoms with van der Waals surface area (Å²) in [4.78, 5) is 6.78. The van der Waals surface area contributed by atoms with Crippen molar-refractivity contribution < 1.29 is 0 Å². The van der Waals surface area contributed by atoms with E-state index < -0.39 is 0 Å². The Labute approximate surface area is 104 Å². The molecule has 0 atom stereocenters. The van der Waals surface area contributed by atoms with Crippen LogP contribution in [0.2, 0.25) is 0 Å². The number of likely N-dealkylation sites (tertiary alicyclic amines) is 1. The first kappa shape index (κ1) is 10.8. The lowest BCUT2D eigenvalue weighted by Gasteiger charge is -2.38. The summed E-state index contributed by atoms with van der Waals surface area (Å²) in [6.07, 6.45) is 1.87. The molecule has 2 aromatic heterocycles. The van der Waals surface area contributed by atoms with Crippen molar-refractivity contribution in [3.8, 4) is 0 Å². The lowest BCUT2D eigenvalue weighted by Crippen LogP contribution is -2.44. The Morgan fingerprint density at radius 3 is 2.88 bits per heavy atom. The van der Waals surface area contributed by atoms with E-state index in [1.165, 1.54) is 5.69 Å². The third-order valence-corrected chi connectivity index (χ3v) is 3.81. The van der Waals surface area contributed by atoms with Crippen molar-refractivity contribution in [1.29, 1.82) is 0 Å². The number of hydrogen-bond donors (Lipinski definition) is 0. The van der Waals surface area contributed by atoms with Crippen molar-refractivity contribution >= 4 is 11.3 Å². The molecule has 0 radical (unpaired) electrons. The van der Waals surface area contributed by atoms with E-state index in [1.807, 2.05) is 19.2 Å². The first-order chi connectivity index (χ1) is 8.31.